The third kappa shape index (κ3) is 3.32. The Hall–Kier alpha value is 1.02. The van der Waals surface area contributed by atoms with Crippen LogP contribution in [0.2, 0.25) is 0 Å². The summed E-state index contributed by atoms with van der Waals surface area (Å²) in [5.74, 6) is 0. The van der Waals surface area contributed by atoms with Crippen LogP contribution in [-0.2, 0) is 46.4 Å². The highest BCUT2D eigenvalue weighted by Crippen LogP contribution is 2.66. The molecule has 0 N–H and O–H groups in total. The zero-order valence-corrected chi connectivity index (χ0v) is 17.9. The minimum absolute atomic E-state index is 0.223. The van der Waals surface area contributed by atoms with E-state index in [1.807, 2.05) is 13.8 Å². The van der Waals surface area contributed by atoms with Gasteiger partial charge in [0.05, 0.1) is 6.61 Å². The van der Waals surface area contributed by atoms with Crippen LogP contribution in [0.5, 0.6) is 0 Å². The minimum atomic E-state index is -2.54. The zero-order valence-electron chi connectivity index (χ0n) is 14.5. The van der Waals surface area contributed by atoms with Crippen molar-refractivity contribution in [2.75, 3.05) is 32.8 Å². The first-order chi connectivity index (χ1) is 11.4. The summed E-state index contributed by atoms with van der Waals surface area (Å²) in [5.41, 5.74) is 0. The molecule has 0 amide bonds. The minimum Gasteiger partial charge on any atom is -0.347 e. The van der Waals surface area contributed by atoms with Crippen molar-refractivity contribution >= 4 is 36.9 Å². The van der Waals surface area contributed by atoms with E-state index in [9.17, 15) is 0 Å². The second-order valence-electron chi connectivity index (χ2n) is 5.81. The molecule has 0 aromatic rings. The Morgan fingerprint density at radius 3 is 1.83 bits per heavy atom. The lowest BCUT2D eigenvalue weighted by atomic mass is 10.1. The highest BCUT2D eigenvalue weighted by atomic mass is 32.5. The van der Waals surface area contributed by atoms with Gasteiger partial charge in [-0.05, 0) is 23.6 Å². The molecule has 0 aliphatic carbocycles. The van der Waals surface area contributed by atoms with E-state index in [0.717, 1.165) is 26.2 Å². The Morgan fingerprint density at radius 1 is 0.792 bits per heavy atom. The lowest BCUT2D eigenvalue weighted by Gasteiger charge is -2.30. The maximum atomic E-state index is 6.25. The molecule has 7 nitrogen and oxygen atoms in total. The van der Waals surface area contributed by atoms with E-state index in [4.69, 9.17) is 46.4 Å². The summed E-state index contributed by atoms with van der Waals surface area (Å²) in [5, 5.41) is 0. The molecule has 0 aromatic heterocycles. The molecule has 3 rings (SSSR count). The summed E-state index contributed by atoms with van der Waals surface area (Å²) in [4.78, 5) is 0. The molecule has 0 saturated carbocycles. The van der Waals surface area contributed by atoms with Gasteiger partial charge in [0.15, 0.2) is 6.29 Å². The third-order valence-electron chi connectivity index (χ3n) is 4.55. The summed E-state index contributed by atoms with van der Waals surface area (Å²) in [6, 6.07) is 0. The van der Waals surface area contributed by atoms with E-state index in [2.05, 4.69) is 23.2 Å². The third-order valence-corrected chi connectivity index (χ3v) is 11.5. The standard InChI is InChI=1S/C13H26N2O5P2S2/c1-5-14(6-2)21(23)17-10-9-16-13-12(11(10)18-21)19-22(24,20-13)15(7-3)8-4/h10-13H,5-9H2,1-4H3/t10-,11+,12-,13-,21?,22?/m1/s1. The Balaban J connectivity index is 1.79. The van der Waals surface area contributed by atoms with Crippen molar-refractivity contribution in [2.24, 2.45) is 0 Å². The molecule has 6 atom stereocenters. The molecule has 24 heavy (non-hydrogen) atoms. The monoisotopic (exact) mass is 416 g/mol. The van der Waals surface area contributed by atoms with Gasteiger partial charge in [-0.3, -0.25) is 4.52 Å². The van der Waals surface area contributed by atoms with Crippen LogP contribution in [0.15, 0.2) is 0 Å². The molecule has 3 fully saturated rings. The Morgan fingerprint density at radius 2 is 1.29 bits per heavy atom. The van der Waals surface area contributed by atoms with Crippen molar-refractivity contribution in [3.05, 3.63) is 0 Å². The molecule has 3 aliphatic heterocycles. The first-order valence-corrected chi connectivity index (χ1v) is 13.6. The Labute approximate surface area is 154 Å². The fourth-order valence-corrected chi connectivity index (χ4v) is 9.87. The van der Waals surface area contributed by atoms with E-state index >= 15 is 0 Å². The largest absolute Gasteiger partial charge is 0.347 e. The summed E-state index contributed by atoms with van der Waals surface area (Å²) >= 11 is 11.4. The molecule has 3 heterocycles. The normalized spacial score (nSPS) is 44.9. The first kappa shape index (κ1) is 19.8. The lowest BCUT2D eigenvalue weighted by molar-refractivity contribution is -0.176. The van der Waals surface area contributed by atoms with Crippen molar-refractivity contribution in [1.82, 2.24) is 9.34 Å². The summed E-state index contributed by atoms with van der Waals surface area (Å²) in [6.45, 7) is 6.68. The van der Waals surface area contributed by atoms with Crippen LogP contribution in [-0.4, -0.2) is 66.7 Å². The number of nitrogens with zero attached hydrogens (tertiary/aromatic N) is 2. The van der Waals surface area contributed by atoms with Gasteiger partial charge in [0.2, 0.25) is 0 Å². The van der Waals surface area contributed by atoms with Gasteiger partial charge < -0.3 is 18.3 Å². The fraction of sp³-hybridized carbons (Fsp3) is 1.00. The molecule has 0 aromatic carbocycles. The quantitative estimate of drug-likeness (QED) is 0.608. The molecule has 3 aliphatic rings. The second-order valence-corrected chi connectivity index (χ2v) is 12.4. The summed E-state index contributed by atoms with van der Waals surface area (Å²) in [7, 11) is 0. The second kappa shape index (κ2) is 7.56. The number of hydrogen-bond donors (Lipinski definition) is 0. The van der Waals surface area contributed by atoms with E-state index in [1.54, 1.807) is 0 Å². The van der Waals surface area contributed by atoms with Crippen LogP contribution in [0, 0.1) is 0 Å². The molecule has 0 radical (unpaired) electrons. The zero-order chi connectivity index (χ0) is 17.5. The number of ether oxygens (including phenoxy) is 1. The molecule has 0 spiro atoms. The Kier molecular flexibility index (Phi) is 6.23. The lowest BCUT2D eigenvalue weighted by Crippen LogP contribution is -2.49. The van der Waals surface area contributed by atoms with Gasteiger partial charge in [0.1, 0.15) is 18.3 Å². The van der Waals surface area contributed by atoms with Gasteiger partial charge in [-0.15, -0.1) is 0 Å². The van der Waals surface area contributed by atoms with Gasteiger partial charge in [-0.1, -0.05) is 27.7 Å². The van der Waals surface area contributed by atoms with Crippen LogP contribution in [0.3, 0.4) is 0 Å². The number of rotatable bonds is 6. The van der Waals surface area contributed by atoms with E-state index in [-0.39, 0.29) is 18.3 Å². The fourth-order valence-electron chi connectivity index (χ4n) is 3.23. The number of fused-ring (bicyclic) bond motifs is 3. The molecule has 3 saturated heterocycles. The molecule has 2 unspecified atom stereocenters. The maximum Gasteiger partial charge on any atom is 0.266 e. The van der Waals surface area contributed by atoms with E-state index in [1.165, 1.54) is 0 Å². The average Bonchev–Trinajstić information content (AvgIpc) is 3.07. The predicted molar refractivity (Wildman–Crippen MR) is 99.9 cm³/mol. The van der Waals surface area contributed by atoms with Gasteiger partial charge in [-0.25, -0.2) is 9.34 Å². The van der Waals surface area contributed by atoms with Crippen LogP contribution in [0.1, 0.15) is 27.7 Å². The van der Waals surface area contributed by atoms with Crippen LogP contribution < -0.4 is 0 Å². The van der Waals surface area contributed by atoms with Crippen LogP contribution in [0.25, 0.3) is 0 Å². The molecular formula is C13H26N2O5P2S2. The topological polar surface area (TPSA) is 52.6 Å². The number of hydrogen-bond acceptors (Lipinski definition) is 7. The van der Waals surface area contributed by atoms with Gasteiger partial charge in [-0.2, -0.15) is 0 Å². The average molecular weight is 416 g/mol. The predicted octanol–water partition coefficient (Wildman–Crippen LogP) is 2.67. The summed E-state index contributed by atoms with van der Waals surface area (Å²) < 4.78 is 34.5. The maximum absolute atomic E-state index is 6.25. The van der Waals surface area contributed by atoms with Crippen molar-refractivity contribution in [3.8, 4) is 0 Å². The molecule has 140 valence electrons. The van der Waals surface area contributed by atoms with Crippen molar-refractivity contribution < 1.29 is 22.8 Å². The van der Waals surface area contributed by atoms with Crippen molar-refractivity contribution in [2.45, 2.75) is 52.3 Å². The SMILES string of the molecule is CCN(CC)P1(=S)O[C@H]2OC[C@H]3OP(=S)(N(CC)CC)O[C@@H]3[C@H]2O1. The van der Waals surface area contributed by atoms with Gasteiger partial charge in [0, 0.05) is 26.2 Å². The Bertz CT molecular complexity index is 512. The van der Waals surface area contributed by atoms with Crippen LogP contribution in [0.4, 0.5) is 0 Å². The van der Waals surface area contributed by atoms with Gasteiger partial charge in [0.25, 0.3) is 13.3 Å². The van der Waals surface area contributed by atoms with Crippen LogP contribution >= 0.6 is 13.3 Å². The molecular weight excluding hydrogens is 390 g/mol. The van der Waals surface area contributed by atoms with E-state index in [0.29, 0.717) is 6.61 Å². The van der Waals surface area contributed by atoms with Crippen molar-refractivity contribution in [1.29, 1.82) is 0 Å². The molecule has 0 bridgehead atoms. The van der Waals surface area contributed by atoms with E-state index < -0.39 is 19.6 Å². The van der Waals surface area contributed by atoms with Gasteiger partial charge >= 0.3 is 0 Å². The van der Waals surface area contributed by atoms with Crippen molar-refractivity contribution in [3.63, 3.8) is 0 Å². The summed E-state index contributed by atoms with van der Waals surface area (Å²) in [6.07, 6.45) is -1.38. The smallest absolute Gasteiger partial charge is 0.266 e. The highest BCUT2D eigenvalue weighted by molar-refractivity contribution is 8.09. The first-order valence-electron chi connectivity index (χ1n) is 8.46. The molecule has 11 heteroatoms. The highest BCUT2D eigenvalue weighted by Gasteiger charge is 2.59.